The predicted molar refractivity (Wildman–Crippen MR) is 71.4 cm³/mol. The van der Waals surface area contributed by atoms with Gasteiger partial charge in [-0.1, -0.05) is 0 Å². The first kappa shape index (κ1) is 10.4. The summed E-state index contributed by atoms with van der Waals surface area (Å²) < 4.78 is 7.82. The minimum Gasteiger partial charge on any atom is -0.460 e. The summed E-state index contributed by atoms with van der Waals surface area (Å²) in [4.78, 5) is 10.3. The number of furan rings is 1. The van der Waals surface area contributed by atoms with Crippen molar-refractivity contribution in [2.45, 2.75) is 6.42 Å². The SMILES string of the molecule is O=CCc1cc2cc(I)cc(I)c2o1. The molecule has 2 aromatic rings. The van der Waals surface area contributed by atoms with Gasteiger partial charge in [0.05, 0.1) is 9.99 Å². The first-order chi connectivity index (χ1) is 6.70. The smallest absolute Gasteiger partial charge is 0.147 e. The van der Waals surface area contributed by atoms with E-state index in [1.807, 2.05) is 6.07 Å². The first-order valence-electron chi connectivity index (χ1n) is 4.02. The Hall–Kier alpha value is -0.110. The fraction of sp³-hybridized carbons (Fsp3) is 0.100. The van der Waals surface area contributed by atoms with Gasteiger partial charge in [0.25, 0.3) is 0 Å². The Kier molecular flexibility index (Phi) is 3.10. The van der Waals surface area contributed by atoms with Gasteiger partial charge in [-0.15, -0.1) is 0 Å². The second-order valence-electron chi connectivity index (χ2n) is 2.89. The fourth-order valence-corrected chi connectivity index (χ4v) is 3.31. The number of rotatable bonds is 2. The van der Waals surface area contributed by atoms with E-state index in [2.05, 4.69) is 57.3 Å². The van der Waals surface area contributed by atoms with Gasteiger partial charge in [-0.3, -0.25) is 0 Å². The van der Waals surface area contributed by atoms with Crippen molar-refractivity contribution in [2.75, 3.05) is 0 Å². The topological polar surface area (TPSA) is 30.2 Å². The van der Waals surface area contributed by atoms with E-state index in [9.17, 15) is 4.79 Å². The maximum Gasteiger partial charge on any atom is 0.147 e. The molecule has 0 saturated carbocycles. The molecule has 0 amide bonds. The van der Waals surface area contributed by atoms with Gasteiger partial charge >= 0.3 is 0 Å². The minimum absolute atomic E-state index is 0.349. The second-order valence-corrected chi connectivity index (χ2v) is 5.30. The van der Waals surface area contributed by atoms with Crippen LogP contribution in [0.1, 0.15) is 5.76 Å². The molecular weight excluding hydrogens is 406 g/mol. The largest absolute Gasteiger partial charge is 0.460 e. The average molecular weight is 412 g/mol. The maximum atomic E-state index is 10.3. The highest BCUT2D eigenvalue weighted by Crippen LogP contribution is 2.26. The summed E-state index contributed by atoms with van der Waals surface area (Å²) in [5.74, 6) is 0.731. The van der Waals surface area contributed by atoms with Crippen LogP contribution < -0.4 is 0 Å². The summed E-state index contributed by atoms with van der Waals surface area (Å²) in [6.45, 7) is 0. The fourth-order valence-electron chi connectivity index (χ4n) is 1.31. The molecule has 1 heterocycles. The van der Waals surface area contributed by atoms with Crippen LogP contribution in [0.4, 0.5) is 0 Å². The molecule has 0 atom stereocenters. The van der Waals surface area contributed by atoms with Crippen molar-refractivity contribution in [1.29, 1.82) is 0 Å². The molecule has 1 aromatic carbocycles. The van der Waals surface area contributed by atoms with E-state index in [0.717, 1.165) is 26.6 Å². The van der Waals surface area contributed by atoms with E-state index in [1.54, 1.807) is 0 Å². The highest BCUT2D eigenvalue weighted by molar-refractivity contribution is 14.1. The molecule has 1 aromatic heterocycles. The Morgan fingerprint density at radius 1 is 1.29 bits per heavy atom. The van der Waals surface area contributed by atoms with Crippen LogP contribution >= 0.6 is 45.2 Å². The van der Waals surface area contributed by atoms with Gasteiger partial charge in [0.15, 0.2) is 0 Å². The standard InChI is InChI=1S/C10H6I2O2/c11-7-3-6-4-8(1-2-13)14-10(6)9(12)5-7/h2-5H,1H2. The van der Waals surface area contributed by atoms with E-state index in [1.165, 1.54) is 3.57 Å². The Labute approximate surface area is 108 Å². The van der Waals surface area contributed by atoms with Crippen molar-refractivity contribution >= 4 is 62.4 Å². The third kappa shape index (κ3) is 1.95. The van der Waals surface area contributed by atoms with E-state index < -0.39 is 0 Å². The van der Waals surface area contributed by atoms with E-state index in [0.29, 0.717) is 6.42 Å². The summed E-state index contributed by atoms with van der Waals surface area (Å²) in [7, 11) is 0. The molecule has 0 aliphatic carbocycles. The summed E-state index contributed by atoms with van der Waals surface area (Å²) in [5, 5.41) is 1.07. The van der Waals surface area contributed by atoms with Crippen molar-refractivity contribution < 1.29 is 9.21 Å². The molecule has 2 nitrogen and oxygen atoms in total. The van der Waals surface area contributed by atoms with Gasteiger partial charge < -0.3 is 9.21 Å². The number of aldehydes is 1. The molecule has 14 heavy (non-hydrogen) atoms. The lowest BCUT2D eigenvalue weighted by Gasteiger charge is -1.93. The Bertz CT molecular complexity index is 488. The van der Waals surface area contributed by atoms with Crippen LogP contribution in [-0.4, -0.2) is 6.29 Å². The zero-order chi connectivity index (χ0) is 10.1. The molecular formula is C10H6I2O2. The lowest BCUT2D eigenvalue weighted by molar-refractivity contribution is -0.107. The van der Waals surface area contributed by atoms with Crippen molar-refractivity contribution in [3.05, 3.63) is 31.1 Å². The maximum absolute atomic E-state index is 10.3. The minimum atomic E-state index is 0.349. The summed E-state index contributed by atoms with van der Waals surface area (Å²) in [5.41, 5.74) is 0.878. The molecule has 0 unspecified atom stereocenters. The summed E-state index contributed by atoms with van der Waals surface area (Å²) in [6, 6.07) is 6.03. The Balaban J connectivity index is 2.64. The van der Waals surface area contributed by atoms with Crippen LogP contribution in [0, 0.1) is 7.14 Å². The molecule has 0 spiro atoms. The number of carbonyl (C=O) groups excluding carboxylic acids is 1. The Morgan fingerprint density at radius 3 is 2.79 bits per heavy atom. The van der Waals surface area contributed by atoms with Crippen molar-refractivity contribution in [3.63, 3.8) is 0 Å². The van der Waals surface area contributed by atoms with E-state index in [-0.39, 0.29) is 0 Å². The second kappa shape index (κ2) is 4.18. The molecule has 0 N–H and O–H groups in total. The first-order valence-corrected chi connectivity index (χ1v) is 6.17. The van der Waals surface area contributed by atoms with E-state index >= 15 is 0 Å². The lowest BCUT2D eigenvalue weighted by atomic mass is 10.2. The molecule has 0 fully saturated rings. The van der Waals surface area contributed by atoms with Gasteiger partial charge in [0.1, 0.15) is 17.6 Å². The van der Waals surface area contributed by atoms with Gasteiger partial charge in [0, 0.05) is 8.96 Å². The number of halogens is 2. The normalized spacial score (nSPS) is 10.7. The zero-order valence-corrected chi connectivity index (χ0v) is 11.4. The molecule has 4 heteroatoms. The van der Waals surface area contributed by atoms with Crippen LogP contribution in [0.3, 0.4) is 0 Å². The number of hydrogen-bond acceptors (Lipinski definition) is 2. The number of hydrogen-bond donors (Lipinski definition) is 0. The van der Waals surface area contributed by atoms with Crippen LogP contribution in [0.15, 0.2) is 22.6 Å². The third-order valence-corrected chi connectivity index (χ3v) is 3.30. The summed E-state index contributed by atoms with van der Waals surface area (Å²) in [6.07, 6.45) is 1.21. The highest BCUT2D eigenvalue weighted by Gasteiger charge is 2.07. The highest BCUT2D eigenvalue weighted by atomic mass is 127. The molecule has 72 valence electrons. The zero-order valence-electron chi connectivity index (χ0n) is 7.09. The van der Waals surface area contributed by atoms with Gasteiger partial charge in [-0.05, 0) is 63.4 Å². The predicted octanol–water partition coefficient (Wildman–Crippen LogP) is 3.38. The van der Waals surface area contributed by atoms with Crippen LogP contribution in [0.5, 0.6) is 0 Å². The van der Waals surface area contributed by atoms with Crippen molar-refractivity contribution in [1.82, 2.24) is 0 Å². The number of carbonyl (C=O) groups is 1. The van der Waals surface area contributed by atoms with Crippen molar-refractivity contribution in [2.24, 2.45) is 0 Å². The average Bonchev–Trinajstić information content (AvgIpc) is 2.48. The molecule has 0 bridgehead atoms. The molecule has 0 radical (unpaired) electrons. The number of benzene rings is 1. The third-order valence-electron chi connectivity index (χ3n) is 1.87. The number of fused-ring (bicyclic) bond motifs is 1. The molecule has 0 saturated heterocycles. The quantitative estimate of drug-likeness (QED) is 0.560. The van der Waals surface area contributed by atoms with Gasteiger partial charge in [-0.2, -0.15) is 0 Å². The monoisotopic (exact) mass is 412 g/mol. The van der Waals surface area contributed by atoms with E-state index in [4.69, 9.17) is 4.42 Å². The Morgan fingerprint density at radius 2 is 2.07 bits per heavy atom. The van der Waals surface area contributed by atoms with Gasteiger partial charge in [-0.25, -0.2) is 0 Å². The molecule has 0 aliphatic rings. The summed E-state index contributed by atoms with van der Waals surface area (Å²) >= 11 is 4.51. The molecule has 0 aliphatic heterocycles. The van der Waals surface area contributed by atoms with Crippen LogP contribution in [0.2, 0.25) is 0 Å². The van der Waals surface area contributed by atoms with Crippen LogP contribution in [-0.2, 0) is 11.2 Å². The molecule has 2 rings (SSSR count). The van der Waals surface area contributed by atoms with Crippen molar-refractivity contribution in [3.8, 4) is 0 Å². The van der Waals surface area contributed by atoms with Crippen LogP contribution in [0.25, 0.3) is 11.0 Å². The lowest BCUT2D eigenvalue weighted by Crippen LogP contribution is -1.78. The van der Waals surface area contributed by atoms with Gasteiger partial charge in [0.2, 0.25) is 0 Å².